The Morgan fingerprint density at radius 2 is 0.672 bits per heavy atom. The molecule has 0 spiro atoms. The molecule has 6 fully saturated rings. The summed E-state index contributed by atoms with van der Waals surface area (Å²) in [5.74, 6) is 31.2. The molecule has 8 aromatic rings. The molecule has 12 unspecified atom stereocenters. The number of halogens is 6. The second kappa shape index (κ2) is 38.5. The number of hydrogen-bond donors (Lipinski definition) is 1. The van der Waals surface area contributed by atoms with E-state index in [1.807, 2.05) is 79.7 Å². The number of alkyl halides is 6. The lowest BCUT2D eigenvalue weighted by Crippen LogP contribution is -2.55. The summed E-state index contributed by atoms with van der Waals surface area (Å²) in [6.45, 7) is 9.82. The minimum atomic E-state index is -5.86. The van der Waals surface area contributed by atoms with Crippen molar-refractivity contribution < 1.29 is 117 Å². The number of ether oxygens (including phenoxy) is 1. The number of fused-ring (bicyclic) bond motifs is 9. The molecule has 12 amide bonds. The molecule has 26 heteroatoms. The molecule has 3 aliphatic carbocycles. The van der Waals surface area contributed by atoms with Gasteiger partial charge in [-0.05, 0) is 289 Å². The van der Waals surface area contributed by atoms with Crippen LogP contribution in [-0.2, 0) is 62.9 Å². The van der Waals surface area contributed by atoms with Gasteiger partial charge in [0.2, 0.25) is 76.3 Å². The van der Waals surface area contributed by atoms with E-state index in [2.05, 4.69) is 101 Å². The van der Waals surface area contributed by atoms with E-state index < -0.39 is 106 Å². The van der Waals surface area contributed by atoms with E-state index in [1.54, 1.807) is 81.4 Å². The third kappa shape index (κ3) is 17.7. The molecule has 1 N–H and O–H groups in total. The third-order valence-corrected chi connectivity index (χ3v) is 26.2. The number of rotatable bonds is 10. The van der Waals surface area contributed by atoms with Crippen LogP contribution in [0.3, 0.4) is 0 Å². The Balaban J connectivity index is -0.00000192. The van der Waals surface area contributed by atoms with Crippen LogP contribution in [0.5, 0.6) is 17.2 Å². The molecule has 0 saturated carbocycles. The van der Waals surface area contributed by atoms with Crippen LogP contribution in [0.15, 0.2) is 176 Å². The minimum absolute atomic E-state index is 0. The van der Waals surface area contributed by atoms with Crippen LogP contribution in [0.1, 0.15) is 176 Å². The highest BCUT2D eigenvalue weighted by Crippen LogP contribution is 2.60. The number of phenols is 1. The first-order valence-corrected chi connectivity index (χ1v) is 42.6. The average molecular weight is 1830 g/mol. The lowest BCUT2D eigenvalue weighted by atomic mass is 9.67. The quantitative estimate of drug-likeness (QED) is 0.0759. The Kier molecular flexibility index (Phi) is 27.0. The van der Waals surface area contributed by atoms with Gasteiger partial charge in [-0.25, -0.2) is 14.7 Å². The van der Waals surface area contributed by atoms with Crippen LogP contribution in [0.25, 0.3) is 0 Å². The van der Waals surface area contributed by atoms with Crippen molar-refractivity contribution in [2.24, 2.45) is 35.5 Å². The lowest BCUT2D eigenvalue weighted by molar-refractivity contribution is -0.288. The molecule has 20 nitrogen and oxygen atoms in total. The Hall–Kier alpha value is -16.2. The fraction of sp³-hybridized carbons (Fsp3) is 0.278. The molecule has 702 valence electrons. The van der Waals surface area contributed by atoms with Crippen LogP contribution < -0.4 is 19.4 Å². The van der Waals surface area contributed by atoms with Gasteiger partial charge in [0.1, 0.15) is 17.2 Å². The first-order valence-electron chi connectivity index (χ1n) is 42.6. The Bertz CT molecular complexity index is 6990. The van der Waals surface area contributed by atoms with E-state index in [0.29, 0.717) is 68.9 Å². The van der Waals surface area contributed by atoms with Gasteiger partial charge in [-0.2, -0.15) is 26.3 Å². The zero-order chi connectivity index (χ0) is 96.3. The van der Waals surface area contributed by atoms with E-state index in [1.165, 1.54) is 56.9 Å². The monoisotopic (exact) mass is 1830 g/mol. The summed E-state index contributed by atoms with van der Waals surface area (Å²) in [5, 5.41) is 10.1. The SMILES string of the molecule is C#CC#CC#CC#CC#CC#CC#CC#CC#CC.Cc1ccc(C(c2ccc(C)c(N3C(=O)C4CC(C5CC(=O)N(C)C5=O)c5ccccc5C4C3=O)c2)(C(F)(F)F)C(F)(F)F)cc1C.Cc1ccc(N2C(=O)C3CC(C4CC(=O)N(C)C4=O)c4ccccc4C3C2=O)cc1O.Cc1ccc(Oc2ccc(N3C(=O)C4CC(C5CC(=O)N(C)C5=O)c5ccccc5C4C3=O)cc2)cc1.[HH].[HH].[HH].[HH].[HH].[HH].[HH].[HH].[HH].[HH].[HH].[HH].[HH].[HH].[HH].[HH]. The zero-order valence-electron chi connectivity index (χ0n) is 73.7. The van der Waals surface area contributed by atoms with Crippen LogP contribution in [-0.4, -0.2) is 124 Å². The van der Waals surface area contributed by atoms with Gasteiger partial charge in [0, 0.05) is 69.3 Å². The number of imide groups is 6. The normalized spacial score (nSPS) is 22.0. The largest absolute Gasteiger partial charge is 0.508 e. The van der Waals surface area contributed by atoms with Crippen molar-refractivity contribution in [3.63, 3.8) is 0 Å². The number of aromatic hydroxyl groups is 1. The second-order valence-electron chi connectivity index (χ2n) is 33.7. The summed E-state index contributed by atoms with van der Waals surface area (Å²) < 4.78 is 95.9. The molecule has 0 radical (unpaired) electrons. The number of amides is 12. The summed E-state index contributed by atoms with van der Waals surface area (Å²) in [7, 11) is 4.35. The topological polar surface area (TPSA) is 254 Å². The van der Waals surface area contributed by atoms with Gasteiger partial charge in [0.15, 0.2) is 0 Å². The van der Waals surface area contributed by atoms with Gasteiger partial charge in [-0.3, -0.25) is 72.2 Å². The first-order chi connectivity index (χ1) is 63.9. The highest BCUT2D eigenvalue weighted by Gasteiger charge is 2.73. The van der Waals surface area contributed by atoms with Gasteiger partial charge < -0.3 is 9.84 Å². The number of carbonyl (C=O) groups is 12. The molecule has 6 aliphatic heterocycles. The molecule has 6 heterocycles. The maximum Gasteiger partial charge on any atom is 0.411 e. The van der Waals surface area contributed by atoms with Crippen LogP contribution >= 0.6 is 0 Å². The number of likely N-dealkylation sites (tertiary alicyclic amines) is 3. The van der Waals surface area contributed by atoms with Crippen LogP contribution in [0.2, 0.25) is 0 Å². The van der Waals surface area contributed by atoms with Crippen LogP contribution in [0.4, 0.5) is 43.4 Å². The summed E-state index contributed by atoms with van der Waals surface area (Å²) in [6.07, 6.45) is -6.00. The van der Waals surface area contributed by atoms with Crippen molar-refractivity contribution in [2.45, 2.75) is 133 Å². The van der Waals surface area contributed by atoms with Gasteiger partial charge >= 0.3 is 12.4 Å². The smallest absolute Gasteiger partial charge is 0.411 e. The fourth-order valence-electron chi connectivity index (χ4n) is 19.4. The summed E-state index contributed by atoms with van der Waals surface area (Å²) in [5.41, 5.74) is 0.690. The number of phenolic OH excluding ortho intramolecular Hbond substituents is 1. The molecule has 17 rings (SSSR count). The predicted octanol–water partition coefficient (Wildman–Crippen LogP) is 18.4. The summed E-state index contributed by atoms with van der Waals surface area (Å²) in [6, 6.07) is 46.3. The minimum Gasteiger partial charge on any atom is -0.508 e. The molecule has 0 bridgehead atoms. The highest BCUT2D eigenvalue weighted by molar-refractivity contribution is 6.26. The molecule has 12 atom stereocenters. The molecular formula is C108H114F6N6O14. The number of anilines is 3. The molecule has 8 aromatic carbocycles. The van der Waals surface area contributed by atoms with Crippen molar-refractivity contribution in [1.29, 1.82) is 0 Å². The Morgan fingerprint density at radius 1 is 0.343 bits per heavy atom. The van der Waals surface area contributed by atoms with Crippen molar-refractivity contribution in [3.8, 4) is 124 Å². The van der Waals surface area contributed by atoms with Gasteiger partial charge in [-0.15, -0.1) is 6.42 Å². The fourth-order valence-corrected chi connectivity index (χ4v) is 19.4. The Labute approximate surface area is 793 Å². The standard InChI is InChI=1S/C35H30F6N2O4.C30H26N2O5.C24H22N2O5.C19H4.16H2/c1-17-9-11-20(13-19(17)3)33(34(36,37)38,35(39,40)41)21-12-10-18(2)27(14-21)43-31(46)26-15-24(25-16-28(44)42(4)30(25)45)22-7-5-6-8-23(22)29(26)32(43)47;1-17-7-11-19(12-8-17)37-20-13-9-18(10-14-20)32-29(35)25-15-23(24-16-26(33)31(2)28(24)34)21-5-3-4-6-22(21)27(25)30(32)36;1-12-7-8-13(9-19(12)27)26-23(30)18-10-16(17-11-20(28)25(2)22(17)29)14-5-3-4-6-15(14)21(18)24(26)31;1-3-5-7-9-11-13-15-17-19-18-16-14-12-10-8-6-4-2;;;;;;;;;;;;;;;;/h5-14,24-26,29H,15-16H2,1-4H3;3-14,23-25,27H,15-16H2,1-2H3;3-9,16-18,21,27H,10-11H2,1-2H3;1H,2H3;16*1H. The summed E-state index contributed by atoms with van der Waals surface area (Å²) >= 11 is 0. The number of carbonyl (C=O) groups excluding carboxylic acids is 12. The van der Waals surface area contributed by atoms with Crippen LogP contribution in [0, 0.1) is 177 Å². The van der Waals surface area contributed by atoms with E-state index >= 15 is 0 Å². The number of benzene rings is 8. The predicted molar refractivity (Wildman–Crippen MR) is 516 cm³/mol. The van der Waals surface area contributed by atoms with Crippen molar-refractivity contribution in [3.05, 3.63) is 248 Å². The number of terminal acetylenes is 1. The summed E-state index contributed by atoms with van der Waals surface area (Å²) in [4.78, 5) is 164. The molecule has 0 aromatic heterocycles. The maximum absolute atomic E-state index is 15.0. The number of aryl methyl sites for hydroxylation is 5. The molecule has 9 aliphatic rings. The third-order valence-electron chi connectivity index (χ3n) is 26.2. The van der Waals surface area contributed by atoms with Crippen molar-refractivity contribution >= 4 is 87.9 Å². The first kappa shape index (κ1) is 94.0. The number of nitrogens with zero attached hydrogens (tertiary/aromatic N) is 6. The van der Waals surface area contributed by atoms with Gasteiger partial charge in [-0.1, -0.05) is 133 Å². The zero-order valence-corrected chi connectivity index (χ0v) is 73.7. The van der Waals surface area contributed by atoms with Gasteiger partial charge in [0.25, 0.3) is 0 Å². The molecular weight excluding hydrogens is 1720 g/mol. The van der Waals surface area contributed by atoms with E-state index in [0.717, 1.165) is 66.8 Å². The van der Waals surface area contributed by atoms with Crippen molar-refractivity contribution in [2.75, 3.05) is 35.8 Å². The van der Waals surface area contributed by atoms with E-state index in [4.69, 9.17) is 11.2 Å². The van der Waals surface area contributed by atoms with E-state index in [9.17, 15) is 89.0 Å². The average Bonchev–Trinajstić information content (AvgIpc) is 0.774. The lowest BCUT2D eigenvalue weighted by Gasteiger charge is -2.39. The molecule has 6 saturated heterocycles. The second-order valence-corrected chi connectivity index (χ2v) is 33.7. The van der Waals surface area contributed by atoms with E-state index in [-0.39, 0.29) is 136 Å². The highest BCUT2D eigenvalue weighted by atomic mass is 19.4. The van der Waals surface area contributed by atoms with Gasteiger partial charge in [0.05, 0.1) is 70.3 Å². The molecule has 134 heavy (non-hydrogen) atoms. The van der Waals surface area contributed by atoms with Crippen molar-refractivity contribution in [1.82, 2.24) is 14.7 Å². The maximum atomic E-state index is 15.0. The number of hydrogen-bond acceptors (Lipinski definition) is 14. The Morgan fingerprint density at radius 3 is 1.03 bits per heavy atom.